The quantitative estimate of drug-likeness (QED) is 0.797. The molecule has 1 saturated heterocycles. The van der Waals surface area contributed by atoms with Gasteiger partial charge in [-0.2, -0.15) is 0 Å². The maximum atomic E-state index is 11.7. The molecule has 1 aliphatic rings. The van der Waals surface area contributed by atoms with Crippen molar-refractivity contribution in [3.05, 3.63) is 17.5 Å². The van der Waals surface area contributed by atoms with Gasteiger partial charge in [-0.3, -0.25) is 10.2 Å². The average Bonchev–Trinajstić information content (AvgIpc) is 2.79. The molecule has 0 aliphatic carbocycles. The number of hydrogen-bond donors (Lipinski definition) is 2. The number of carbonyl (C=O) groups excluding carboxylic acids is 1. The second-order valence-electron chi connectivity index (χ2n) is 3.87. The number of carbonyl (C=O) groups is 2. The first-order chi connectivity index (χ1) is 8.16. The van der Waals surface area contributed by atoms with E-state index < -0.39 is 11.9 Å². The van der Waals surface area contributed by atoms with E-state index in [1.54, 1.807) is 5.01 Å². The number of hydrogen-bond acceptors (Lipinski definition) is 5. The van der Waals surface area contributed by atoms with E-state index in [1.807, 2.05) is 0 Å². The molecule has 17 heavy (non-hydrogen) atoms. The maximum Gasteiger partial charge on any atom is 0.374 e. The maximum absolute atomic E-state index is 11.7. The van der Waals surface area contributed by atoms with Gasteiger partial charge in [-0.1, -0.05) is 11.6 Å². The Labute approximate surface area is 97.3 Å². The Balaban J connectivity index is 1.96. The highest BCUT2D eigenvalue weighted by molar-refractivity contribution is 5.94. The number of amides is 1. The van der Waals surface area contributed by atoms with Gasteiger partial charge in [-0.05, 0) is 12.8 Å². The van der Waals surface area contributed by atoms with Gasteiger partial charge in [-0.25, -0.2) is 9.80 Å². The fourth-order valence-corrected chi connectivity index (χ4v) is 1.69. The molecular weight excluding hydrogens is 226 g/mol. The number of piperidine rings is 1. The number of aromatic nitrogens is 1. The number of nitrogens with zero attached hydrogens (tertiary/aromatic N) is 2. The molecule has 0 radical (unpaired) electrons. The van der Waals surface area contributed by atoms with E-state index in [0.29, 0.717) is 0 Å². The first-order valence-electron chi connectivity index (χ1n) is 5.43. The fourth-order valence-electron chi connectivity index (χ4n) is 1.69. The molecule has 0 saturated carbocycles. The molecule has 2 N–H and O–H groups in total. The molecule has 2 heterocycles. The molecule has 7 nitrogen and oxygen atoms in total. The zero-order valence-electron chi connectivity index (χ0n) is 9.18. The Kier molecular flexibility index (Phi) is 3.38. The lowest BCUT2D eigenvalue weighted by molar-refractivity contribution is 0.0648. The van der Waals surface area contributed by atoms with Crippen LogP contribution in [-0.4, -0.2) is 40.2 Å². The van der Waals surface area contributed by atoms with Crippen LogP contribution in [0.4, 0.5) is 0 Å². The second kappa shape index (κ2) is 4.96. The van der Waals surface area contributed by atoms with Crippen molar-refractivity contribution in [1.29, 1.82) is 0 Å². The van der Waals surface area contributed by atoms with Crippen LogP contribution in [0.1, 0.15) is 40.3 Å². The van der Waals surface area contributed by atoms with Crippen LogP contribution in [0.3, 0.4) is 0 Å². The summed E-state index contributed by atoms with van der Waals surface area (Å²) in [6, 6.07) is 1.11. The summed E-state index contributed by atoms with van der Waals surface area (Å²) in [5, 5.41) is 13.8. The third-order valence-corrected chi connectivity index (χ3v) is 2.57. The second-order valence-corrected chi connectivity index (χ2v) is 3.87. The van der Waals surface area contributed by atoms with Gasteiger partial charge in [-0.15, -0.1) is 0 Å². The lowest BCUT2D eigenvalue weighted by atomic mass is 10.2. The molecule has 1 amide bonds. The van der Waals surface area contributed by atoms with E-state index in [2.05, 4.69) is 15.1 Å². The van der Waals surface area contributed by atoms with Crippen molar-refractivity contribution >= 4 is 11.9 Å². The van der Waals surface area contributed by atoms with Gasteiger partial charge in [0.1, 0.15) is 0 Å². The molecule has 7 heteroatoms. The summed E-state index contributed by atoms with van der Waals surface area (Å²) in [6.07, 6.45) is 3.25. The number of carboxylic acids is 1. The SMILES string of the molecule is O=C(NN1CCCCC1)c1cc(C(=O)O)on1. The van der Waals surface area contributed by atoms with Gasteiger partial charge >= 0.3 is 5.97 Å². The minimum atomic E-state index is -1.24. The highest BCUT2D eigenvalue weighted by Gasteiger charge is 2.19. The summed E-state index contributed by atoms with van der Waals surface area (Å²) < 4.78 is 4.51. The summed E-state index contributed by atoms with van der Waals surface area (Å²) in [5.41, 5.74) is 2.65. The monoisotopic (exact) mass is 239 g/mol. The molecule has 1 fully saturated rings. The molecular formula is C10H13N3O4. The number of rotatable bonds is 3. The fraction of sp³-hybridized carbons (Fsp3) is 0.500. The molecule has 92 valence electrons. The van der Waals surface area contributed by atoms with Gasteiger partial charge in [0.25, 0.3) is 5.91 Å². The Bertz CT molecular complexity index is 423. The Hall–Kier alpha value is -1.89. The highest BCUT2D eigenvalue weighted by atomic mass is 16.5. The Morgan fingerprint density at radius 2 is 2.06 bits per heavy atom. The van der Waals surface area contributed by atoms with E-state index in [4.69, 9.17) is 5.11 Å². The van der Waals surface area contributed by atoms with Gasteiger partial charge in [0.05, 0.1) is 0 Å². The first kappa shape index (κ1) is 11.6. The third-order valence-electron chi connectivity index (χ3n) is 2.57. The van der Waals surface area contributed by atoms with Crippen LogP contribution in [0.5, 0.6) is 0 Å². The van der Waals surface area contributed by atoms with Crippen LogP contribution in [0.15, 0.2) is 10.6 Å². The minimum absolute atomic E-state index is 0.0204. The van der Waals surface area contributed by atoms with Crippen LogP contribution in [0.25, 0.3) is 0 Å². The highest BCUT2D eigenvalue weighted by Crippen LogP contribution is 2.08. The van der Waals surface area contributed by atoms with Crippen LogP contribution in [-0.2, 0) is 0 Å². The average molecular weight is 239 g/mol. The summed E-state index contributed by atoms with van der Waals surface area (Å²) in [6.45, 7) is 1.60. The van der Waals surface area contributed by atoms with E-state index in [9.17, 15) is 9.59 Å². The van der Waals surface area contributed by atoms with E-state index in [0.717, 1.165) is 32.0 Å². The smallest absolute Gasteiger partial charge is 0.374 e. The van der Waals surface area contributed by atoms with Crippen molar-refractivity contribution in [2.45, 2.75) is 19.3 Å². The summed E-state index contributed by atoms with van der Waals surface area (Å²) in [5.74, 6) is -2.02. The van der Waals surface area contributed by atoms with Gasteiger partial charge in [0.15, 0.2) is 5.69 Å². The standard InChI is InChI=1S/C10H13N3O4/c14-9(11-13-4-2-1-3-5-13)7-6-8(10(15)16)17-12-7/h6H,1-5H2,(H,11,14)(H,15,16). The lowest BCUT2D eigenvalue weighted by Gasteiger charge is -2.26. The number of carboxylic acid groups (broad SMARTS) is 1. The predicted molar refractivity (Wildman–Crippen MR) is 56.4 cm³/mol. The van der Waals surface area contributed by atoms with Crippen LogP contribution < -0.4 is 5.43 Å². The molecule has 0 bridgehead atoms. The molecule has 0 spiro atoms. The Morgan fingerprint density at radius 1 is 1.35 bits per heavy atom. The molecule has 2 rings (SSSR count). The van der Waals surface area contributed by atoms with Crippen LogP contribution >= 0.6 is 0 Å². The van der Waals surface area contributed by atoms with Crippen molar-refractivity contribution in [3.8, 4) is 0 Å². The predicted octanol–water partition coefficient (Wildman–Crippen LogP) is 0.503. The van der Waals surface area contributed by atoms with Crippen molar-refractivity contribution in [2.75, 3.05) is 13.1 Å². The van der Waals surface area contributed by atoms with Crippen molar-refractivity contribution in [3.63, 3.8) is 0 Å². The minimum Gasteiger partial charge on any atom is -0.475 e. The van der Waals surface area contributed by atoms with Gasteiger partial charge in [0.2, 0.25) is 5.76 Å². The summed E-state index contributed by atoms with van der Waals surface area (Å²) in [4.78, 5) is 22.2. The Morgan fingerprint density at radius 3 is 2.65 bits per heavy atom. The molecule has 1 aromatic rings. The number of hydrazine groups is 1. The topological polar surface area (TPSA) is 95.7 Å². The van der Waals surface area contributed by atoms with E-state index in [-0.39, 0.29) is 11.5 Å². The normalized spacial score (nSPS) is 16.7. The summed E-state index contributed by atoms with van der Waals surface area (Å²) in [7, 11) is 0. The zero-order chi connectivity index (χ0) is 12.3. The lowest BCUT2D eigenvalue weighted by Crippen LogP contribution is -2.45. The van der Waals surface area contributed by atoms with Crippen molar-refractivity contribution in [2.24, 2.45) is 0 Å². The molecule has 1 aromatic heterocycles. The largest absolute Gasteiger partial charge is 0.475 e. The van der Waals surface area contributed by atoms with Crippen LogP contribution in [0, 0.1) is 0 Å². The molecule has 0 unspecified atom stereocenters. The van der Waals surface area contributed by atoms with E-state index >= 15 is 0 Å². The molecule has 0 aromatic carbocycles. The number of nitrogens with one attached hydrogen (secondary N) is 1. The third kappa shape index (κ3) is 2.82. The molecule has 1 aliphatic heterocycles. The first-order valence-corrected chi connectivity index (χ1v) is 5.43. The molecule has 0 atom stereocenters. The number of aromatic carboxylic acids is 1. The zero-order valence-corrected chi connectivity index (χ0v) is 9.18. The van der Waals surface area contributed by atoms with Gasteiger partial charge < -0.3 is 9.63 Å². The van der Waals surface area contributed by atoms with Crippen LogP contribution in [0.2, 0.25) is 0 Å². The van der Waals surface area contributed by atoms with Crippen molar-refractivity contribution in [1.82, 2.24) is 15.6 Å². The van der Waals surface area contributed by atoms with E-state index in [1.165, 1.54) is 6.42 Å². The summed E-state index contributed by atoms with van der Waals surface area (Å²) >= 11 is 0. The van der Waals surface area contributed by atoms with Gasteiger partial charge in [0, 0.05) is 19.2 Å². The van der Waals surface area contributed by atoms with Crippen molar-refractivity contribution < 1.29 is 19.2 Å².